The Labute approximate surface area is 334 Å². The lowest BCUT2D eigenvalue weighted by atomic mass is 10.0. The van der Waals surface area contributed by atoms with Crippen molar-refractivity contribution in [3.63, 3.8) is 0 Å². The molecule has 0 aliphatic rings. The molecule has 9 heteroatoms. The molecular weight excluding hydrogens is 753 g/mol. The molecule has 0 aromatic heterocycles. The summed E-state index contributed by atoms with van der Waals surface area (Å²) in [6.07, 6.45) is 1.43. The molecule has 4 aromatic carbocycles. The molecule has 0 bridgehead atoms. The van der Waals surface area contributed by atoms with Gasteiger partial charge in [0.2, 0.25) is 20.5 Å². The van der Waals surface area contributed by atoms with Gasteiger partial charge in [0.15, 0.2) is 0 Å². The number of hydrogen-bond donors (Lipinski definition) is 0. The van der Waals surface area contributed by atoms with Gasteiger partial charge in [-0.15, -0.1) is 0 Å². The molecule has 0 spiro atoms. The number of hydrogen-bond acceptors (Lipinski definition) is 9. The van der Waals surface area contributed by atoms with Crippen LogP contribution in [0.3, 0.4) is 0 Å². The Morgan fingerprint density at radius 2 is 0.811 bits per heavy atom. The van der Waals surface area contributed by atoms with Crippen LogP contribution in [0.1, 0.15) is 52.7 Å². The maximum atomic E-state index is 13.1. The zero-order valence-electron chi connectivity index (χ0n) is 30.8. The van der Waals surface area contributed by atoms with E-state index in [1.54, 1.807) is 39.5 Å². The highest BCUT2D eigenvalue weighted by atomic mass is 32.2. The SMILES string of the molecule is C=C(C)C(=O)Sc1ccc(Sc2ccc(SC(=O)C(=C)C)cc2-c2cccc(CC)c2SC(=O)C(=C)C)c(-c2cccc(CC)c2SC(=O)C(=C)C)c1. The fourth-order valence-electron chi connectivity index (χ4n) is 5.00. The Bertz CT molecular complexity index is 2030. The van der Waals surface area contributed by atoms with Crippen molar-refractivity contribution in [3.05, 3.63) is 133 Å². The summed E-state index contributed by atoms with van der Waals surface area (Å²) < 4.78 is 0. The second-order valence-electron chi connectivity index (χ2n) is 12.4. The number of carbonyl (C=O) groups excluding carboxylic acids is 4. The van der Waals surface area contributed by atoms with Crippen molar-refractivity contribution in [1.82, 2.24) is 0 Å². The molecule has 0 aliphatic heterocycles. The van der Waals surface area contributed by atoms with E-state index in [-0.39, 0.29) is 20.5 Å². The Morgan fingerprint density at radius 3 is 1.13 bits per heavy atom. The van der Waals surface area contributed by atoms with E-state index in [4.69, 9.17) is 0 Å². The number of aryl methyl sites for hydroxylation is 2. The molecule has 0 atom stereocenters. The summed E-state index contributed by atoms with van der Waals surface area (Å²) in [6, 6.07) is 23.9. The van der Waals surface area contributed by atoms with Crippen molar-refractivity contribution < 1.29 is 19.2 Å². The number of rotatable bonds is 14. The average Bonchev–Trinajstić information content (AvgIpc) is 3.12. The predicted molar refractivity (Wildman–Crippen MR) is 229 cm³/mol. The van der Waals surface area contributed by atoms with Gasteiger partial charge in [-0.25, -0.2) is 0 Å². The van der Waals surface area contributed by atoms with Crippen LogP contribution in [-0.2, 0) is 32.0 Å². The minimum absolute atomic E-state index is 0.117. The van der Waals surface area contributed by atoms with E-state index in [0.717, 1.165) is 86.3 Å². The first-order valence-corrected chi connectivity index (χ1v) is 20.9. The fraction of sp³-hybridized carbons (Fsp3) is 0.182. The highest BCUT2D eigenvalue weighted by molar-refractivity contribution is 8.15. The minimum Gasteiger partial charge on any atom is -0.282 e. The summed E-state index contributed by atoms with van der Waals surface area (Å²) in [5.74, 6) is 0. The molecular formula is C44H42O4S5. The van der Waals surface area contributed by atoms with Crippen LogP contribution in [0.25, 0.3) is 22.3 Å². The van der Waals surface area contributed by atoms with Crippen LogP contribution in [0.2, 0.25) is 0 Å². The molecule has 0 unspecified atom stereocenters. The van der Waals surface area contributed by atoms with E-state index in [1.165, 1.54) is 23.5 Å². The lowest BCUT2D eigenvalue weighted by Gasteiger charge is -2.20. The standard InChI is InChI=1S/C44H42O4S5/c1-11-29-15-13-17-33(39(29)52-43(47)27(7)8)35-23-31(49-41(45)25(3)4)19-21-37(35)51-38-22-20-32(50-42(46)26(5)6)24-36(38)34-18-14-16-30(12-2)40(34)53-44(48)28(9)10/h13-24H,3,5,7,9,11-12H2,1-2,4,6,8,10H3. The minimum atomic E-state index is -0.129. The number of thioether (sulfide) groups is 4. The molecule has 0 amide bonds. The zero-order valence-corrected chi connectivity index (χ0v) is 34.9. The van der Waals surface area contributed by atoms with Gasteiger partial charge in [-0.1, -0.05) is 88.3 Å². The van der Waals surface area contributed by atoms with Gasteiger partial charge >= 0.3 is 0 Å². The maximum absolute atomic E-state index is 13.1. The van der Waals surface area contributed by atoms with Crippen LogP contribution in [0, 0.1) is 0 Å². The van der Waals surface area contributed by atoms with Crippen molar-refractivity contribution >= 4 is 79.3 Å². The lowest BCUT2D eigenvalue weighted by molar-refractivity contribution is -0.108. The van der Waals surface area contributed by atoms with Crippen molar-refractivity contribution in [2.75, 3.05) is 0 Å². The van der Waals surface area contributed by atoms with Gasteiger partial charge in [-0.2, -0.15) is 0 Å². The quantitative estimate of drug-likeness (QED) is 0.0916. The number of carbonyl (C=O) groups is 4. The normalized spacial score (nSPS) is 10.8. The average molecular weight is 795 g/mol. The van der Waals surface area contributed by atoms with Gasteiger partial charge in [-0.3, -0.25) is 19.2 Å². The van der Waals surface area contributed by atoms with Crippen LogP contribution < -0.4 is 0 Å². The summed E-state index contributed by atoms with van der Waals surface area (Å²) >= 11 is 6.11. The molecule has 0 radical (unpaired) electrons. The first kappa shape index (κ1) is 42.0. The summed E-state index contributed by atoms with van der Waals surface area (Å²) in [5, 5.41) is -0.491. The van der Waals surface area contributed by atoms with Crippen molar-refractivity contribution in [3.8, 4) is 22.3 Å². The predicted octanol–water partition coefficient (Wildman–Crippen LogP) is 13.1. The Hall–Kier alpha value is -3.73. The van der Waals surface area contributed by atoms with Crippen LogP contribution in [-0.4, -0.2) is 20.5 Å². The van der Waals surface area contributed by atoms with Gasteiger partial charge < -0.3 is 0 Å². The van der Waals surface area contributed by atoms with E-state index < -0.39 is 0 Å². The third-order valence-electron chi connectivity index (χ3n) is 7.86. The van der Waals surface area contributed by atoms with Gasteiger partial charge in [0.1, 0.15) is 0 Å². The molecule has 0 fully saturated rings. The summed E-state index contributed by atoms with van der Waals surface area (Å²) in [4.78, 5) is 56.8. The van der Waals surface area contributed by atoms with E-state index >= 15 is 0 Å². The van der Waals surface area contributed by atoms with Crippen molar-refractivity contribution in [2.24, 2.45) is 0 Å². The summed E-state index contributed by atoms with van der Waals surface area (Å²) in [7, 11) is 0. The molecule has 4 nitrogen and oxygen atoms in total. The molecule has 0 aliphatic carbocycles. The third-order valence-corrected chi connectivity index (χ3v) is 13.5. The Balaban J connectivity index is 2.01. The van der Waals surface area contributed by atoms with Crippen LogP contribution in [0.4, 0.5) is 0 Å². The van der Waals surface area contributed by atoms with Crippen LogP contribution >= 0.6 is 58.8 Å². The van der Waals surface area contributed by atoms with Gasteiger partial charge in [-0.05, 0) is 180 Å². The van der Waals surface area contributed by atoms with Gasteiger partial charge in [0.25, 0.3) is 0 Å². The maximum Gasteiger partial charge on any atom is 0.219 e. The van der Waals surface area contributed by atoms with E-state index in [9.17, 15) is 19.2 Å². The van der Waals surface area contributed by atoms with Gasteiger partial charge in [0, 0.05) is 29.4 Å². The van der Waals surface area contributed by atoms with E-state index in [0.29, 0.717) is 35.1 Å². The number of benzene rings is 4. The molecule has 0 heterocycles. The van der Waals surface area contributed by atoms with E-state index in [2.05, 4.69) is 40.2 Å². The van der Waals surface area contributed by atoms with Crippen molar-refractivity contribution in [1.29, 1.82) is 0 Å². The second kappa shape index (κ2) is 19.0. The fourth-order valence-corrected chi connectivity index (χ4v) is 9.45. The monoisotopic (exact) mass is 794 g/mol. The highest BCUT2D eigenvalue weighted by Crippen LogP contribution is 2.48. The van der Waals surface area contributed by atoms with Gasteiger partial charge in [0.05, 0.1) is 0 Å². The first-order chi connectivity index (χ1) is 25.1. The smallest absolute Gasteiger partial charge is 0.219 e. The third kappa shape index (κ3) is 10.7. The Kier molecular flexibility index (Phi) is 15.1. The molecule has 53 heavy (non-hydrogen) atoms. The van der Waals surface area contributed by atoms with Crippen LogP contribution in [0.5, 0.6) is 0 Å². The lowest BCUT2D eigenvalue weighted by Crippen LogP contribution is -1.99. The molecule has 4 rings (SSSR count). The van der Waals surface area contributed by atoms with Crippen molar-refractivity contribution in [2.45, 2.75) is 83.8 Å². The highest BCUT2D eigenvalue weighted by Gasteiger charge is 2.22. The first-order valence-electron chi connectivity index (χ1n) is 16.9. The molecule has 4 aromatic rings. The molecule has 0 saturated heterocycles. The summed E-state index contributed by atoms with van der Waals surface area (Å²) in [6.45, 7) is 26.4. The largest absolute Gasteiger partial charge is 0.282 e. The topological polar surface area (TPSA) is 68.3 Å². The van der Waals surface area contributed by atoms with E-state index in [1.807, 2.05) is 72.8 Å². The summed E-state index contributed by atoms with van der Waals surface area (Å²) in [5.41, 5.74) is 7.33. The Morgan fingerprint density at radius 1 is 0.472 bits per heavy atom. The molecule has 0 saturated carbocycles. The molecule has 0 N–H and O–H groups in total. The molecule has 272 valence electrons. The second-order valence-corrected chi connectivity index (χ2v) is 17.5. The zero-order chi connectivity index (χ0) is 39.0. The van der Waals surface area contributed by atoms with Crippen LogP contribution in [0.15, 0.2) is 151 Å².